The van der Waals surface area contributed by atoms with Crippen LogP contribution >= 0.6 is 11.3 Å². The first kappa shape index (κ1) is 17.4. The largest absolute Gasteiger partial charge is 0.339 e. The third kappa shape index (κ3) is 3.35. The van der Waals surface area contributed by atoms with Crippen molar-refractivity contribution < 1.29 is 9.59 Å². The Morgan fingerprint density at radius 1 is 1.33 bits per heavy atom. The van der Waals surface area contributed by atoms with Crippen LogP contribution in [0.5, 0.6) is 0 Å². The minimum Gasteiger partial charge on any atom is -0.339 e. The zero-order valence-corrected chi connectivity index (χ0v) is 15.6. The highest BCUT2D eigenvalue weighted by atomic mass is 32.1. The number of hydrogen-bond donors (Lipinski definition) is 0. The summed E-state index contributed by atoms with van der Waals surface area (Å²) in [4.78, 5) is 32.4. The Hall–Kier alpha value is -1.40. The van der Waals surface area contributed by atoms with Gasteiger partial charge >= 0.3 is 0 Å². The molecule has 0 spiro atoms. The summed E-state index contributed by atoms with van der Waals surface area (Å²) in [5.41, 5.74) is 0.950. The van der Waals surface area contributed by atoms with Crippen molar-refractivity contribution >= 4 is 28.8 Å². The average molecular weight is 350 g/mol. The topological polar surface area (TPSA) is 43.9 Å². The molecule has 0 saturated carbocycles. The minimum atomic E-state index is 0.0743. The van der Waals surface area contributed by atoms with E-state index in [1.165, 1.54) is 4.88 Å². The van der Waals surface area contributed by atoms with Crippen LogP contribution in [-0.4, -0.2) is 61.4 Å². The average Bonchev–Trinajstić information content (AvgIpc) is 3.16. The van der Waals surface area contributed by atoms with Gasteiger partial charge in [0.2, 0.25) is 11.8 Å². The molecule has 3 heterocycles. The van der Waals surface area contributed by atoms with Gasteiger partial charge in [0, 0.05) is 30.4 Å². The van der Waals surface area contributed by atoms with E-state index in [2.05, 4.69) is 25.9 Å². The Morgan fingerprint density at radius 3 is 2.79 bits per heavy atom. The maximum absolute atomic E-state index is 12.8. The highest BCUT2D eigenvalue weighted by Crippen LogP contribution is 2.32. The van der Waals surface area contributed by atoms with Crippen molar-refractivity contribution in [3.8, 4) is 0 Å². The summed E-state index contributed by atoms with van der Waals surface area (Å²) >= 11 is 1.69. The molecule has 2 atom stereocenters. The fourth-order valence-electron chi connectivity index (χ4n) is 3.88. The normalized spacial score (nSPS) is 24.4. The lowest BCUT2D eigenvalue weighted by Gasteiger charge is -2.25. The van der Waals surface area contributed by atoms with E-state index in [0.29, 0.717) is 18.4 Å². The lowest BCUT2D eigenvalue weighted by atomic mass is 10.0. The zero-order chi connectivity index (χ0) is 17.3. The van der Waals surface area contributed by atoms with E-state index in [-0.39, 0.29) is 18.4 Å². The first-order chi connectivity index (χ1) is 11.5. The fourth-order valence-corrected chi connectivity index (χ4v) is 4.81. The second-order valence-electron chi connectivity index (χ2n) is 7.06. The number of thiophene rings is 1. The fraction of sp³-hybridized carbons (Fsp3) is 0.667. The molecule has 0 N–H and O–H groups in total. The summed E-state index contributed by atoms with van der Waals surface area (Å²) in [7, 11) is 4.16. The molecule has 2 aliphatic heterocycles. The second-order valence-corrected chi connectivity index (χ2v) is 8.06. The van der Waals surface area contributed by atoms with Crippen LogP contribution in [0.1, 0.15) is 31.1 Å². The Kier molecular flexibility index (Phi) is 5.25. The first-order valence-electron chi connectivity index (χ1n) is 8.82. The van der Waals surface area contributed by atoms with Crippen molar-refractivity contribution in [2.24, 2.45) is 5.92 Å². The molecule has 0 radical (unpaired) electrons. The molecule has 5 nitrogen and oxygen atoms in total. The summed E-state index contributed by atoms with van der Waals surface area (Å²) < 4.78 is 0. The lowest BCUT2D eigenvalue weighted by molar-refractivity contribution is -0.130. The predicted octanol–water partition coefficient (Wildman–Crippen LogP) is 2.22. The number of carbonyl (C=O) groups is 2. The summed E-state index contributed by atoms with van der Waals surface area (Å²) in [5.74, 6) is 0.668. The summed E-state index contributed by atoms with van der Waals surface area (Å²) in [5, 5.41) is 2.02. The molecule has 0 aromatic carbocycles. The molecule has 1 aromatic heterocycles. The lowest BCUT2D eigenvalue weighted by Crippen LogP contribution is -2.43. The van der Waals surface area contributed by atoms with E-state index in [1.807, 2.05) is 16.3 Å². The van der Waals surface area contributed by atoms with Crippen molar-refractivity contribution in [2.45, 2.75) is 38.6 Å². The van der Waals surface area contributed by atoms with Gasteiger partial charge in [-0.3, -0.25) is 9.59 Å². The molecule has 1 aromatic rings. The molecular weight excluding hydrogens is 322 g/mol. The number of carbonyl (C=O) groups excluding carboxylic acids is 2. The number of hydrogen-bond acceptors (Lipinski definition) is 4. The van der Waals surface area contributed by atoms with Gasteiger partial charge < -0.3 is 14.7 Å². The van der Waals surface area contributed by atoms with Crippen molar-refractivity contribution in [1.29, 1.82) is 0 Å². The molecule has 0 aliphatic carbocycles. The van der Waals surface area contributed by atoms with Crippen molar-refractivity contribution in [1.82, 2.24) is 9.80 Å². The van der Waals surface area contributed by atoms with Crippen LogP contribution in [0.3, 0.4) is 0 Å². The predicted molar refractivity (Wildman–Crippen MR) is 97.4 cm³/mol. The van der Waals surface area contributed by atoms with Crippen molar-refractivity contribution in [2.75, 3.05) is 38.6 Å². The van der Waals surface area contributed by atoms with E-state index in [1.54, 1.807) is 16.2 Å². The van der Waals surface area contributed by atoms with Gasteiger partial charge in [0.05, 0.1) is 5.69 Å². The van der Waals surface area contributed by atoms with E-state index in [9.17, 15) is 9.59 Å². The molecule has 1 saturated heterocycles. The number of nitrogens with zero attached hydrogens (tertiary/aromatic N) is 3. The molecule has 6 heteroatoms. The minimum absolute atomic E-state index is 0.0743. The SMILES string of the molecule is CC[C@@H]1CN(C(=O)CN2C(=O)CCCc3sccc32)C[C@H]1N(C)C. The van der Waals surface area contributed by atoms with Crippen LogP contribution in [0.15, 0.2) is 11.4 Å². The highest BCUT2D eigenvalue weighted by Gasteiger charge is 2.36. The Balaban J connectivity index is 1.72. The van der Waals surface area contributed by atoms with Gasteiger partial charge in [0.1, 0.15) is 6.54 Å². The van der Waals surface area contributed by atoms with Crippen molar-refractivity contribution in [3.05, 3.63) is 16.3 Å². The third-order valence-electron chi connectivity index (χ3n) is 5.35. The second kappa shape index (κ2) is 7.23. The molecular formula is C18H27N3O2S. The number of amides is 2. The van der Waals surface area contributed by atoms with Crippen LogP contribution in [0.4, 0.5) is 5.69 Å². The van der Waals surface area contributed by atoms with Gasteiger partial charge in [-0.1, -0.05) is 13.3 Å². The molecule has 24 heavy (non-hydrogen) atoms. The molecule has 0 unspecified atom stereocenters. The third-order valence-corrected chi connectivity index (χ3v) is 6.32. The summed E-state index contributed by atoms with van der Waals surface area (Å²) in [6.07, 6.45) is 3.42. The van der Waals surface area contributed by atoms with Crippen LogP contribution in [0, 0.1) is 5.92 Å². The number of likely N-dealkylation sites (N-methyl/N-ethyl adjacent to an activating group) is 1. The summed E-state index contributed by atoms with van der Waals surface area (Å²) in [6, 6.07) is 2.40. The van der Waals surface area contributed by atoms with Crippen molar-refractivity contribution in [3.63, 3.8) is 0 Å². The maximum Gasteiger partial charge on any atom is 0.242 e. The zero-order valence-electron chi connectivity index (χ0n) is 14.8. The number of aryl methyl sites for hydroxylation is 1. The summed E-state index contributed by atoms with van der Waals surface area (Å²) in [6.45, 7) is 3.93. The Morgan fingerprint density at radius 2 is 2.12 bits per heavy atom. The quantitative estimate of drug-likeness (QED) is 0.837. The van der Waals surface area contributed by atoms with E-state index in [4.69, 9.17) is 0 Å². The van der Waals surface area contributed by atoms with Crippen LogP contribution in [0.2, 0.25) is 0 Å². The van der Waals surface area contributed by atoms with Crippen LogP contribution in [-0.2, 0) is 16.0 Å². The molecule has 1 fully saturated rings. The maximum atomic E-state index is 12.8. The molecule has 2 aliphatic rings. The van der Waals surface area contributed by atoms with Crippen LogP contribution < -0.4 is 4.90 Å². The monoisotopic (exact) mass is 349 g/mol. The molecule has 2 amide bonds. The van der Waals surface area contributed by atoms with Gasteiger partial charge in [-0.15, -0.1) is 11.3 Å². The van der Waals surface area contributed by atoms with Gasteiger partial charge in [-0.25, -0.2) is 0 Å². The Labute approximate surface area is 148 Å². The smallest absolute Gasteiger partial charge is 0.242 e. The van der Waals surface area contributed by atoms with E-state index >= 15 is 0 Å². The molecule has 0 bridgehead atoms. The number of likely N-dealkylation sites (tertiary alicyclic amines) is 1. The first-order valence-corrected chi connectivity index (χ1v) is 9.70. The number of rotatable bonds is 4. The number of anilines is 1. The molecule has 3 rings (SSSR count). The van der Waals surface area contributed by atoms with Gasteiger partial charge in [0.25, 0.3) is 0 Å². The standard InChI is InChI=1S/C18H27N3O2S/c1-4-13-10-20(11-15(13)19(2)3)18(23)12-21-14-8-9-24-16(14)6-5-7-17(21)22/h8-9,13,15H,4-7,10-12H2,1-3H3/t13-,15-/m1/s1. The molecule has 132 valence electrons. The van der Waals surface area contributed by atoms with Gasteiger partial charge in [-0.2, -0.15) is 0 Å². The van der Waals surface area contributed by atoms with Gasteiger partial charge in [0.15, 0.2) is 0 Å². The van der Waals surface area contributed by atoms with Crippen LogP contribution in [0.25, 0.3) is 0 Å². The Bertz CT molecular complexity index is 613. The van der Waals surface area contributed by atoms with Gasteiger partial charge in [-0.05, 0) is 44.3 Å². The van der Waals surface area contributed by atoms with E-state index in [0.717, 1.165) is 38.0 Å². The van der Waals surface area contributed by atoms with E-state index < -0.39 is 0 Å². The highest BCUT2D eigenvalue weighted by molar-refractivity contribution is 7.10. The number of fused-ring (bicyclic) bond motifs is 1.